The molecule has 5 heteroatoms. The summed E-state index contributed by atoms with van der Waals surface area (Å²) in [6.45, 7) is 5.94. The van der Waals surface area contributed by atoms with Crippen LogP contribution in [-0.4, -0.2) is 33.9 Å². The number of carbonyl (C=O) groups is 2. The van der Waals surface area contributed by atoms with Crippen LogP contribution in [0.1, 0.15) is 46.5 Å². The lowest BCUT2D eigenvalue weighted by atomic mass is 9.78. The molecule has 2 aliphatic rings. The first-order valence-electron chi connectivity index (χ1n) is 7.42. The smallest absolute Gasteiger partial charge is 0.309 e. The molecule has 0 aromatic heterocycles. The Hall–Kier alpha value is -1.10. The van der Waals surface area contributed by atoms with Crippen LogP contribution in [0, 0.1) is 23.7 Å². The summed E-state index contributed by atoms with van der Waals surface area (Å²) < 4.78 is 5.84. The fourth-order valence-electron chi connectivity index (χ4n) is 3.98. The molecule has 0 bridgehead atoms. The minimum atomic E-state index is -0.809. The Morgan fingerprint density at radius 1 is 1.35 bits per heavy atom. The van der Waals surface area contributed by atoms with Crippen molar-refractivity contribution in [3.05, 3.63) is 0 Å². The molecule has 0 radical (unpaired) electrons. The number of aliphatic carboxylic acids is 2. The Labute approximate surface area is 119 Å². The number of hydrogen-bond acceptors (Lipinski definition) is 3. The molecule has 0 amide bonds. The fraction of sp³-hybridized carbons (Fsp3) is 0.867. The zero-order valence-corrected chi connectivity index (χ0v) is 12.3. The quantitative estimate of drug-likeness (QED) is 0.757. The molecule has 1 aliphatic heterocycles. The molecule has 1 heterocycles. The number of rotatable bonds is 5. The van der Waals surface area contributed by atoms with Crippen LogP contribution in [0.25, 0.3) is 0 Å². The Kier molecular flexibility index (Phi) is 4.09. The first-order chi connectivity index (χ1) is 9.29. The highest BCUT2D eigenvalue weighted by atomic mass is 16.6. The van der Waals surface area contributed by atoms with Gasteiger partial charge in [0.15, 0.2) is 0 Å². The van der Waals surface area contributed by atoms with Crippen molar-refractivity contribution in [1.29, 1.82) is 0 Å². The molecule has 2 N–H and O–H groups in total. The summed E-state index contributed by atoms with van der Waals surface area (Å²) in [7, 11) is 0. The number of fused-ring (bicyclic) bond motifs is 1. The molecule has 2 rings (SSSR count). The minimum absolute atomic E-state index is 0.0302. The lowest BCUT2D eigenvalue weighted by molar-refractivity contribution is -0.143. The van der Waals surface area contributed by atoms with E-state index in [2.05, 4.69) is 13.8 Å². The second-order valence-corrected chi connectivity index (χ2v) is 6.52. The molecular formula is C15H24O5. The zero-order chi connectivity index (χ0) is 15.1. The summed E-state index contributed by atoms with van der Waals surface area (Å²) in [4.78, 5) is 22.1. The maximum atomic E-state index is 11.3. The van der Waals surface area contributed by atoms with Gasteiger partial charge < -0.3 is 14.9 Å². The summed E-state index contributed by atoms with van der Waals surface area (Å²) in [5.41, 5.74) is -0.516. The van der Waals surface area contributed by atoms with Gasteiger partial charge in [0.05, 0.1) is 12.0 Å². The van der Waals surface area contributed by atoms with E-state index in [-0.39, 0.29) is 18.4 Å². The molecule has 0 aromatic rings. The highest BCUT2D eigenvalue weighted by molar-refractivity contribution is 5.72. The van der Waals surface area contributed by atoms with Crippen LogP contribution < -0.4 is 0 Å². The Morgan fingerprint density at radius 2 is 2.00 bits per heavy atom. The van der Waals surface area contributed by atoms with E-state index in [1.54, 1.807) is 6.92 Å². The SMILES string of the molecule is C[C@H]1[C@@H](CCC(=O)O)[C@@H](C)CC[C@]2([C@@H](C)C(=O)O)O[C@@H]12. The van der Waals surface area contributed by atoms with Gasteiger partial charge in [-0.3, -0.25) is 9.59 Å². The monoisotopic (exact) mass is 284 g/mol. The van der Waals surface area contributed by atoms with Crippen LogP contribution in [0.5, 0.6) is 0 Å². The zero-order valence-electron chi connectivity index (χ0n) is 12.3. The van der Waals surface area contributed by atoms with E-state index in [4.69, 9.17) is 9.84 Å². The van der Waals surface area contributed by atoms with E-state index in [0.29, 0.717) is 18.3 Å². The molecule has 114 valence electrons. The summed E-state index contributed by atoms with van der Waals surface area (Å²) in [5.74, 6) is -1.15. The predicted molar refractivity (Wildman–Crippen MR) is 72.3 cm³/mol. The number of epoxide rings is 1. The van der Waals surface area contributed by atoms with E-state index in [0.717, 1.165) is 12.8 Å². The average molecular weight is 284 g/mol. The van der Waals surface area contributed by atoms with E-state index < -0.39 is 23.5 Å². The molecule has 1 saturated carbocycles. The van der Waals surface area contributed by atoms with Crippen molar-refractivity contribution in [3.63, 3.8) is 0 Å². The predicted octanol–water partition coefficient (Wildman–Crippen LogP) is 2.39. The van der Waals surface area contributed by atoms with E-state index in [1.165, 1.54) is 0 Å². The summed E-state index contributed by atoms with van der Waals surface area (Å²) in [6, 6.07) is 0. The maximum Gasteiger partial charge on any atom is 0.309 e. The van der Waals surface area contributed by atoms with E-state index in [9.17, 15) is 14.7 Å². The third-order valence-corrected chi connectivity index (χ3v) is 5.44. The molecule has 0 unspecified atom stereocenters. The Morgan fingerprint density at radius 3 is 2.55 bits per heavy atom. The van der Waals surface area contributed by atoms with Crippen molar-refractivity contribution in [2.75, 3.05) is 0 Å². The van der Waals surface area contributed by atoms with Gasteiger partial charge in [-0.15, -0.1) is 0 Å². The normalized spacial score (nSPS) is 41.4. The van der Waals surface area contributed by atoms with Crippen molar-refractivity contribution in [2.24, 2.45) is 23.7 Å². The molecule has 0 aromatic carbocycles. The molecule has 0 spiro atoms. The molecule has 5 nitrogen and oxygen atoms in total. The van der Waals surface area contributed by atoms with Crippen molar-refractivity contribution in [3.8, 4) is 0 Å². The first kappa shape index (κ1) is 15.3. The summed E-state index contributed by atoms with van der Waals surface area (Å²) >= 11 is 0. The second-order valence-electron chi connectivity index (χ2n) is 6.52. The largest absolute Gasteiger partial charge is 0.481 e. The van der Waals surface area contributed by atoms with Crippen LogP contribution in [0.3, 0.4) is 0 Å². The van der Waals surface area contributed by atoms with E-state index >= 15 is 0 Å². The van der Waals surface area contributed by atoms with Gasteiger partial charge in [-0.25, -0.2) is 0 Å². The van der Waals surface area contributed by atoms with Gasteiger partial charge in [-0.2, -0.15) is 0 Å². The van der Waals surface area contributed by atoms with Gasteiger partial charge in [-0.1, -0.05) is 13.8 Å². The number of carboxylic acid groups (broad SMARTS) is 2. The van der Waals surface area contributed by atoms with Crippen molar-refractivity contribution in [2.45, 2.75) is 58.2 Å². The molecular weight excluding hydrogens is 260 g/mol. The van der Waals surface area contributed by atoms with Gasteiger partial charge in [0.2, 0.25) is 0 Å². The van der Waals surface area contributed by atoms with Crippen molar-refractivity contribution >= 4 is 11.9 Å². The molecule has 20 heavy (non-hydrogen) atoms. The highest BCUT2D eigenvalue weighted by Gasteiger charge is 2.65. The van der Waals surface area contributed by atoms with Crippen molar-refractivity contribution in [1.82, 2.24) is 0 Å². The molecule has 1 saturated heterocycles. The van der Waals surface area contributed by atoms with Crippen LogP contribution >= 0.6 is 0 Å². The third-order valence-electron chi connectivity index (χ3n) is 5.44. The maximum absolute atomic E-state index is 11.3. The molecule has 1 aliphatic carbocycles. The van der Waals surface area contributed by atoms with Gasteiger partial charge in [-0.05, 0) is 43.9 Å². The first-order valence-corrected chi connectivity index (χ1v) is 7.42. The van der Waals surface area contributed by atoms with Gasteiger partial charge in [0.1, 0.15) is 5.60 Å². The van der Waals surface area contributed by atoms with Gasteiger partial charge in [0, 0.05) is 6.42 Å². The number of hydrogen-bond donors (Lipinski definition) is 2. The molecule has 2 fully saturated rings. The highest BCUT2D eigenvalue weighted by Crippen LogP contribution is 2.56. The topological polar surface area (TPSA) is 87.1 Å². The van der Waals surface area contributed by atoms with Crippen LogP contribution in [0.15, 0.2) is 0 Å². The number of ether oxygens (including phenoxy) is 1. The lowest BCUT2D eigenvalue weighted by Gasteiger charge is -2.26. The van der Waals surface area contributed by atoms with Crippen LogP contribution in [0.2, 0.25) is 0 Å². The second kappa shape index (κ2) is 5.35. The minimum Gasteiger partial charge on any atom is -0.481 e. The third kappa shape index (κ3) is 2.55. The van der Waals surface area contributed by atoms with E-state index in [1.807, 2.05) is 0 Å². The average Bonchev–Trinajstić information content (AvgIpc) is 3.10. The Balaban J connectivity index is 2.11. The fourth-order valence-corrected chi connectivity index (χ4v) is 3.98. The number of carboxylic acids is 2. The van der Waals surface area contributed by atoms with Crippen LogP contribution in [-0.2, 0) is 14.3 Å². The molecule has 6 atom stereocenters. The summed E-state index contributed by atoms with van der Waals surface area (Å²) in [6.07, 6.45) is 2.46. The summed E-state index contributed by atoms with van der Waals surface area (Å²) in [5, 5.41) is 18.1. The Bertz CT molecular complexity index is 407. The van der Waals surface area contributed by atoms with Gasteiger partial charge in [0.25, 0.3) is 0 Å². The van der Waals surface area contributed by atoms with Gasteiger partial charge >= 0.3 is 11.9 Å². The van der Waals surface area contributed by atoms with Crippen molar-refractivity contribution < 1.29 is 24.5 Å². The standard InChI is InChI=1S/C15H24O5/c1-8-6-7-15(10(3)14(18)19)13(20-15)9(2)11(8)4-5-12(16)17/h8-11,13H,4-7H2,1-3H3,(H,16,17)(H,18,19)/t8-,9-,10-,11-,13-,15+/m0/s1. The van der Waals surface area contributed by atoms with Crippen LogP contribution in [0.4, 0.5) is 0 Å². The lowest BCUT2D eigenvalue weighted by Crippen LogP contribution is -2.32.